The van der Waals surface area contributed by atoms with E-state index >= 15 is 0 Å². The van der Waals surface area contributed by atoms with Gasteiger partial charge in [0.05, 0.1) is 38.5 Å². The van der Waals surface area contributed by atoms with Crippen LogP contribution in [-0.2, 0) is 23.5 Å². The van der Waals surface area contributed by atoms with E-state index in [1.54, 1.807) is 5.32 Å². The van der Waals surface area contributed by atoms with Crippen LogP contribution in [0.3, 0.4) is 0 Å². The number of alkyl halides is 6. The predicted octanol–water partition coefficient (Wildman–Crippen LogP) is -0.556. The number of hydrogen-bond acceptors (Lipinski definition) is 12. The standard InChI is InChI=1S/C20H28F3N3O6Si.C14H14F3N3O6/c1-19(2,3)33(4,5)31-11-14-13(27)9-15(32-14)26-10-12(16(28)25-18(26)30)7-6-8-24-17(29)20(21,22)23;15-14(16,17)12(24)18-3-1-2-7-5-20(13(25)19-11(7)23)10-4-8(22)9(6-21)26-10/h10,13-15,27H,8-9,11H2,1-5H3,(H,24,29)(H,25,28,30);5,8-10,21-22H,3-4,6H2,(H,18,24)(H,19,23,25). The molecule has 2 aliphatic heterocycles. The minimum atomic E-state index is -5.05. The zero-order valence-corrected chi connectivity index (χ0v) is 33.0. The highest BCUT2D eigenvalue weighted by molar-refractivity contribution is 6.74. The van der Waals surface area contributed by atoms with Crippen molar-refractivity contribution in [2.45, 2.75) is 101 Å². The minimum absolute atomic E-state index is 0.0221. The van der Waals surface area contributed by atoms with Gasteiger partial charge in [0.1, 0.15) is 35.8 Å². The molecule has 4 heterocycles. The molecular formula is C34H42F6N6O12Si. The van der Waals surface area contributed by atoms with E-state index in [-0.39, 0.29) is 35.6 Å². The number of carbonyl (C=O) groups excluding carboxylic acids is 2. The van der Waals surface area contributed by atoms with Gasteiger partial charge in [0.25, 0.3) is 11.1 Å². The number of nitrogens with one attached hydrogen (secondary N) is 4. The summed E-state index contributed by atoms with van der Waals surface area (Å²) < 4.78 is 91.8. The minimum Gasteiger partial charge on any atom is -0.414 e. The van der Waals surface area contributed by atoms with Crippen LogP contribution in [0.4, 0.5) is 26.3 Å². The monoisotopic (exact) mass is 868 g/mol. The highest BCUT2D eigenvalue weighted by Crippen LogP contribution is 2.37. The Bertz CT molecular complexity index is 2210. The molecule has 7 N–H and O–H groups in total. The molecule has 2 aromatic heterocycles. The van der Waals surface area contributed by atoms with E-state index in [4.69, 9.17) is 19.0 Å². The summed E-state index contributed by atoms with van der Waals surface area (Å²) in [6, 6.07) is 0. The molecule has 4 rings (SSSR count). The summed E-state index contributed by atoms with van der Waals surface area (Å²) in [6.45, 7) is 8.69. The smallest absolute Gasteiger partial charge is 0.414 e. The fraction of sp³-hybridized carbons (Fsp3) is 0.588. The lowest BCUT2D eigenvalue weighted by Gasteiger charge is -2.37. The van der Waals surface area contributed by atoms with Gasteiger partial charge in [-0.3, -0.25) is 38.3 Å². The number of aromatic nitrogens is 4. The Labute approximate surface area is 331 Å². The van der Waals surface area contributed by atoms with Gasteiger partial charge in [0.15, 0.2) is 8.32 Å². The Morgan fingerprint density at radius 2 is 1.19 bits per heavy atom. The molecule has 6 unspecified atom stereocenters. The number of halogens is 6. The van der Waals surface area contributed by atoms with Gasteiger partial charge in [-0.2, -0.15) is 26.3 Å². The first-order valence-corrected chi connectivity index (χ1v) is 20.4. The van der Waals surface area contributed by atoms with Crippen LogP contribution in [0, 0.1) is 23.7 Å². The van der Waals surface area contributed by atoms with Crippen molar-refractivity contribution in [1.29, 1.82) is 0 Å². The molecule has 0 bridgehead atoms. The third-order valence-corrected chi connectivity index (χ3v) is 13.7. The number of ether oxygens (including phenoxy) is 2. The molecule has 18 nitrogen and oxygen atoms in total. The average Bonchev–Trinajstić information content (AvgIpc) is 3.68. The second kappa shape index (κ2) is 19.4. The number of rotatable bonds is 8. The molecule has 2 saturated heterocycles. The SMILES string of the molecule is CC(C)(C)[Si](C)(C)OCC1OC(n2cc(C#CCNC(=O)C(F)(F)F)c(=O)[nH]c2=O)CC1O.O=C(NCC#Cc1cn(C2CC(O)C(CO)O2)c(=O)[nH]c1=O)C(F)(F)F. The van der Waals surface area contributed by atoms with Gasteiger partial charge in [-0.05, 0) is 18.1 Å². The van der Waals surface area contributed by atoms with Gasteiger partial charge in [-0.25, -0.2) is 9.59 Å². The molecule has 0 radical (unpaired) electrons. The summed E-state index contributed by atoms with van der Waals surface area (Å²) >= 11 is 0. The molecule has 6 atom stereocenters. The number of H-pyrrole nitrogens is 2. The quantitative estimate of drug-likeness (QED) is 0.100. The molecule has 59 heavy (non-hydrogen) atoms. The van der Waals surface area contributed by atoms with Crippen molar-refractivity contribution in [3.8, 4) is 23.7 Å². The Kier molecular flexibility index (Phi) is 15.9. The second-order valence-electron chi connectivity index (χ2n) is 14.5. The Morgan fingerprint density at radius 3 is 1.54 bits per heavy atom. The first kappa shape index (κ1) is 48.3. The normalized spacial score (nSPS) is 21.9. The Morgan fingerprint density at radius 1 is 0.797 bits per heavy atom. The molecule has 2 fully saturated rings. The van der Waals surface area contributed by atoms with Crippen molar-refractivity contribution in [3.63, 3.8) is 0 Å². The van der Waals surface area contributed by atoms with Gasteiger partial charge in [0, 0.05) is 25.2 Å². The zero-order valence-electron chi connectivity index (χ0n) is 32.0. The Balaban J connectivity index is 0.000000324. The van der Waals surface area contributed by atoms with Crippen LogP contribution in [0.1, 0.15) is 57.2 Å². The fourth-order valence-electron chi connectivity index (χ4n) is 4.90. The van der Waals surface area contributed by atoms with Crippen LogP contribution >= 0.6 is 0 Å². The van der Waals surface area contributed by atoms with Gasteiger partial charge in [-0.1, -0.05) is 44.5 Å². The third kappa shape index (κ3) is 13.2. The average molecular weight is 869 g/mol. The summed E-state index contributed by atoms with van der Waals surface area (Å²) in [6.07, 6.45) is -13.3. The van der Waals surface area contributed by atoms with Crippen LogP contribution in [0.15, 0.2) is 31.6 Å². The number of hydrogen-bond donors (Lipinski definition) is 7. The molecule has 2 aromatic rings. The van der Waals surface area contributed by atoms with E-state index in [9.17, 15) is 65.3 Å². The molecular weight excluding hydrogens is 826 g/mol. The highest BCUT2D eigenvalue weighted by atomic mass is 28.4. The van der Waals surface area contributed by atoms with E-state index < -0.39 is 112 Å². The van der Waals surface area contributed by atoms with Crippen molar-refractivity contribution in [2.24, 2.45) is 0 Å². The molecule has 2 aliphatic rings. The van der Waals surface area contributed by atoms with Gasteiger partial charge < -0.3 is 39.9 Å². The third-order valence-electron chi connectivity index (χ3n) is 9.19. The summed E-state index contributed by atoms with van der Waals surface area (Å²) in [7, 11) is -2.10. The number of amides is 2. The fourth-order valence-corrected chi connectivity index (χ4v) is 5.91. The molecule has 25 heteroatoms. The summed E-state index contributed by atoms with van der Waals surface area (Å²) in [5.41, 5.74) is -3.83. The second-order valence-corrected chi connectivity index (χ2v) is 19.3. The van der Waals surface area contributed by atoms with Crippen LogP contribution in [0.5, 0.6) is 0 Å². The number of nitrogens with zero attached hydrogens (tertiary/aromatic N) is 2. The van der Waals surface area contributed by atoms with E-state index in [2.05, 4.69) is 62.5 Å². The number of aromatic amines is 2. The maximum absolute atomic E-state index is 12.3. The van der Waals surface area contributed by atoms with Crippen LogP contribution in [0.25, 0.3) is 0 Å². The summed E-state index contributed by atoms with van der Waals surface area (Å²) in [4.78, 5) is 73.3. The lowest BCUT2D eigenvalue weighted by atomic mass is 10.2. The Hall–Kier alpha value is -5.02. The van der Waals surface area contributed by atoms with Gasteiger partial charge in [-0.15, -0.1) is 0 Å². The topological polar surface area (TPSA) is 256 Å². The van der Waals surface area contributed by atoms with E-state index in [0.717, 1.165) is 21.5 Å². The number of carbonyl (C=O) groups is 2. The molecule has 0 spiro atoms. The lowest BCUT2D eigenvalue weighted by molar-refractivity contribution is -0.173. The maximum Gasteiger partial charge on any atom is 0.471 e. The van der Waals surface area contributed by atoms with Crippen LogP contribution in [-0.4, -0.2) is 118 Å². The zero-order chi connectivity index (χ0) is 44.7. The molecule has 0 aromatic carbocycles. The van der Waals surface area contributed by atoms with Crippen molar-refractivity contribution in [1.82, 2.24) is 29.7 Å². The predicted molar refractivity (Wildman–Crippen MR) is 194 cm³/mol. The summed E-state index contributed by atoms with van der Waals surface area (Å²) in [5, 5.41) is 32.2. The number of aliphatic hydroxyl groups is 3. The van der Waals surface area contributed by atoms with Crippen molar-refractivity contribution < 1.29 is 65.2 Å². The highest BCUT2D eigenvalue weighted by Gasteiger charge is 2.42. The number of aliphatic hydroxyl groups excluding tert-OH is 3. The van der Waals surface area contributed by atoms with E-state index in [1.165, 1.54) is 5.32 Å². The largest absolute Gasteiger partial charge is 0.471 e. The van der Waals surface area contributed by atoms with E-state index in [1.807, 2.05) is 4.98 Å². The molecule has 326 valence electrons. The summed E-state index contributed by atoms with van der Waals surface area (Å²) in [5.74, 6) is 4.63. The maximum atomic E-state index is 12.3. The van der Waals surface area contributed by atoms with Crippen LogP contribution < -0.4 is 33.1 Å². The first-order valence-electron chi connectivity index (χ1n) is 17.5. The van der Waals surface area contributed by atoms with Crippen molar-refractivity contribution in [3.05, 3.63) is 65.2 Å². The molecule has 0 saturated carbocycles. The lowest BCUT2D eigenvalue weighted by Crippen LogP contribution is -2.44. The molecule has 2 amide bonds. The van der Waals surface area contributed by atoms with Gasteiger partial charge in [0.2, 0.25) is 0 Å². The van der Waals surface area contributed by atoms with Crippen LogP contribution in [0.2, 0.25) is 18.1 Å². The van der Waals surface area contributed by atoms with Crippen molar-refractivity contribution >= 4 is 20.1 Å². The van der Waals surface area contributed by atoms with Crippen molar-refractivity contribution in [2.75, 3.05) is 26.3 Å². The molecule has 0 aliphatic carbocycles. The van der Waals surface area contributed by atoms with Gasteiger partial charge >= 0.3 is 35.5 Å². The van der Waals surface area contributed by atoms with E-state index in [0.29, 0.717) is 0 Å². The first-order chi connectivity index (χ1) is 27.2.